The highest BCUT2D eigenvalue weighted by Gasteiger charge is 2.03. The van der Waals surface area contributed by atoms with Crippen LogP contribution in [-0.2, 0) is 27.8 Å². The van der Waals surface area contributed by atoms with Crippen LogP contribution in [0, 0.1) is 0 Å². The van der Waals surface area contributed by atoms with E-state index in [-0.39, 0.29) is 0 Å². The third-order valence-electron chi connectivity index (χ3n) is 2.53. The molecule has 0 fully saturated rings. The van der Waals surface area contributed by atoms with E-state index in [1.807, 2.05) is 10.8 Å². The van der Waals surface area contributed by atoms with Crippen molar-refractivity contribution in [3.8, 4) is 0 Å². The highest BCUT2D eigenvalue weighted by Crippen LogP contribution is 2.00. The fourth-order valence-electron chi connectivity index (χ4n) is 1.59. The molecule has 1 aromatic rings. The van der Waals surface area contributed by atoms with Crippen LogP contribution in [0.4, 0.5) is 0 Å². The summed E-state index contributed by atoms with van der Waals surface area (Å²) in [7, 11) is -1.43. The zero-order valence-corrected chi connectivity index (χ0v) is 12.2. The number of imidazole rings is 1. The fraction of sp³-hybridized carbons (Fsp3) is 0.727. The Kier molecular flexibility index (Phi) is 7.00. The quantitative estimate of drug-likeness (QED) is 0.571. The monoisotopic (exact) mass is 290 g/mol. The van der Waals surface area contributed by atoms with Gasteiger partial charge in [-0.3, -0.25) is 0 Å². The molecule has 8 heteroatoms. The molecular weight excluding hydrogens is 268 g/mol. The second-order valence-corrected chi connectivity index (χ2v) is 6.10. The Hall–Kier alpha value is -0.960. The maximum atomic E-state index is 10.9. The van der Waals surface area contributed by atoms with Crippen molar-refractivity contribution in [1.82, 2.24) is 19.6 Å². The first-order chi connectivity index (χ1) is 9.03. The number of aryl methyl sites for hydroxylation is 1. The summed E-state index contributed by atoms with van der Waals surface area (Å²) in [4.78, 5) is 4.10. The lowest BCUT2D eigenvalue weighted by Crippen LogP contribution is -2.24. The molecule has 0 radical (unpaired) electrons. The van der Waals surface area contributed by atoms with Crippen LogP contribution in [0.25, 0.3) is 0 Å². The number of hydrogen-bond donors (Lipinski definition) is 2. The molecule has 0 aliphatic carbocycles. The van der Waals surface area contributed by atoms with Gasteiger partial charge in [-0.25, -0.2) is 18.1 Å². The smallest absolute Gasteiger partial charge is 0.208 e. The average Bonchev–Trinajstić information content (AvgIpc) is 2.77. The molecule has 0 saturated heterocycles. The number of nitrogens with one attached hydrogen (secondary N) is 2. The summed E-state index contributed by atoms with van der Waals surface area (Å²) in [6, 6.07) is 0. The number of ether oxygens (including phenoxy) is 1. The van der Waals surface area contributed by atoms with Gasteiger partial charge in [0.2, 0.25) is 10.0 Å². The van der Waals surface area contributed by atoms with Crippen molar-refractivity contribution < 1.29 is 13.2 Å². The van der Waals surface area contributed by atoms with E-state index in [1.165, 1.54) is 0 Å². The molecule has 0 aromatic carbocycles. The van der Waals surface area contributed by atoms with Gasteiger partial charge >= 0.3 is 0 Å². The summed E-state index contributed by atoms with van der Waals surface area (Å²) in [5.41, 5.74) is 1.08. The number of hydrogen-bond acceptors (Lipinski definition) is 5. The largest absolute Gasteiger partial charge is 0.383 e. The maximum Gasteiger partial charge on any atom is 0.208 e. The minimum atomic E-state index is -3.10. The van der Waals surface area contributed by atoms with Gasteiger partial charge in [-0.1, -0.05) is 0 Å². The van der Waals surface area contributed by atoms with Crippen molar-refractivity contribution in [2.24, 2.45) is 0 Å². The minimum Gasteiger partial charge on any atom is -0.383 e. The zero-order chi connectivity index (χ0) is 14.1. The van der Waals surface area contributed by atoms with Crippen LogP contribution in [0.15, 0.2) is 12.5 Å². The first-order valence-electron chi connectivity index (χ1n) is 6.16. The van der Waals surface area contributed by atoms with E-state index in [4.69, 9.17) is 4.74 Å². The third kappa shape index (κ3) is 7.26. The van der Waals surface area contributed by atoms with Gasteiger partial charge in [0, 0.05) is 39.5 Å². The van der Waals surface area contributed by atoms with E-state index < -0.39 is 10.0 Å². The van der Waals surface area contributed by atoms with Crippen molar-refractivity contribution in [2.45, 2.75) is 19.5 Å². The minimum absolute atomic E-state index is 0.438. The van der Waals surface area contributed by atoms with Gasteiger partial charge in [0.25, 0.3) is 0 Å². The molecule has 0 saturated carbocycles. The van der Waals surface area contributed by atoms with E-state index >= 15 is 0 Å². The Morgan fingerprint density at radius 2 is 2.21 bits per heavy atom. The predicted octanol–water partition coefficient (Wildman–Crippen LogP) is -0.442. The molecule has 1 heterocycles. The van der Waals surface area contributed by atoms with Crippen LogP contribution in [0.1, 0.15) is 12.1 Å². The molecule has 0 atom stereocenters. The lowest BCUT2D eigenvalue weighted by Gasteiger charge is -2.09. The molecule has 0 bridgehead atoms. The van der Waals surface area contributed by atoms with Crippen LogP contribution < -0.4 is 10.0 Å². The fourth-order valence-corrected chi connectivity index (χ4v) is 2.11. The number of aromatic nitrogens is 2. The normalized spacial score (nSPS) is 11.9. The first-order valence-corrected chi connectivity index (χ1v) is 8.05. The summed E-state index contributed by atoms with van der Waals surface area (Å²) in [6.07, 6.45) is 5.46. The van der Waals surface area contributed by atoms with Gasteiger partial charge < -0.3 is 14.6 Å². The number of methoxy groups -OCH3 is 1. The summed E-state index contributed by atoms with van der Waals surface area (Å²) in [5, 5.41) is 3.25. The summed E-state index contributed by atoms with van der Waals surface area (Å²) >= 11 is 0. The maximum absolute atomic E-state index is 10.9. The predicted molar refractivity (Wildman–Crippen MR) is 73.3 cm³/mol. The molecular formula is C11H22N4O3S. The Morgan fingerprint density at radius 3 is 2.89 bits per heavy atom. The molecule has 1 aromatic heterocycles. The summed E-state index contributed by atoms with van der Waals surface area (Å²) < 4.78 is 31.3. The van der Waals surface area contributed by atoms with Crippen LogP contribution in [0.2, 0.25) is 0 Å². The molecule has 0 spiro atoms. The van der Waals surface area contributed by atoms with Crippen molar-refractivity contribution in [1.29, 1.82) is 0 Å². The van der Waals surface area contributed by atoms with E-state index in [9.17, 15) is 8.42 Å². The van der Waals surface area contributed by atoms with E-state index in [1.54, 1.807) is 13.4 Å². The van der Waals surface area contributed by atoms with Crippen LogP contribution in [0.3, 0.4) is 0 Å². The van der Waals surface area contributed by atoms with Crippen molar-refractivity contribution in [3.05, 3.63) is 18.2 Å². The van der Waals surface area contributed by atoms with Crippen LogP contribution in [-0.4, -0.2) is 51.0 Å². The van der Waals surface area contributed by atoms with E-state index in [2.05, 4.69) is 15.0 Å². The highest BCUT2D eigenvalue weighted by molar-refractivity contribution is 7.88. The Labute approximate surface area is 114 Å². The van der Waals surface area contributed by atoms with Gasteiger partial charge in [0.05, 0.1) is 24.9 Å². The van der Waals surface area contributed by atoms with Crippen molar-refractivity contribution in [3.63, 3.8) is 0 Å². The number of nitrogens with zero attached hydrogens (tertiary/aromatic N) is 2. The van der Waals surface area contributed by atoms with Crippen molar-refractivity contribution >= 4 is 10.0 Å². The molecule has 7 nitrogen and oxygen atoms in total. The van der Waals surface area contributed by atoms with Gasteiger partial charge in [0.15, 0.2) is 0 Å². The molecule has 0 amide bonds. The average molecular weight is 290 g/mol. The SMILES string of the molecule is COCCNCc1cncn1CCCNS(C)(=O)=O. The van der Waals surface area contributed by atoms with Crippen LogP contribution in [0.5, 0.6) is 0 Å². The lowest BCUT2D eigenvalue weighted by atomic mass is 10.4. The zero-order valence-electron chi connectivity index (χ0n) is 11.4. The standard InChI is InChI=1S/C11H22N4O3S/c1-18-7-5-12-8-11-9-13-10-15(11)6-3-4-14-19(2,16)17/h9-10,12,14H,3-8H2,1-2H3. The van der Waals surface area contributed by atoms with E-state index in [0.717, 1.165) is 38.0 Å². The second kappa shape index (κ2) is 8.26. The molecule has 0 aliphatic rings. The summed E-state index contributed by atoms with van der Waals surface area (Å²) in [5.74, 6) is 0. The van der Waals surface area contributed by atoms with Crippen molar-refractivity contribution in [2.75, 3.05) is 33.1 Å². The molecule has 2 N–H and O–H groups in total. The topological polar surface area (TPSA) is 85.2 Å². The van der Waals surface area contributed by atoms with Gasteiger partial charge in [-0.2, -0.15) is 0 Å². The van der Waals surface area contributed by atoms with E-state index in [0.29, 0.717) is 13.2 Å². The molecule has 110 valence electrons. The molecule has 1 rings (SSSR count). The van der Waals surface area contributed by atoms with Gasteiger partial charge in [0.1, 0.15) is 0 Å². The Morgan fingerprint density at radius 1 is 1.42 bits per heavy atom. The van der Waals surface area contributed by atoms with Gasteiger partial charge in [-0.05, 0) is 6.42 Å². The highest BCUT2D eigenvalue weighted by atomic mass is 32.2. The molecule has 19 heavy (non-hydrogen) atoms. The third-order valence-corrected chi connectivity index (χ3v) is 3.26. The number of rotatable bonds is 10. The van der Waals surface area contributed by atoms with Crippen LogP contribution >= 0.6 is 0 Å². The number of sulfonamides is 1. The Bertz CT molecular complexity index is 458. The first kappa shape index (κ1) is 16.1. The summed E-state index contributed by atoms with van der Waals surface area (Å²) in [6.45, 7) is 3.37. The Balaban J connectivity index is 2.28. The lowest BCUT2D eigenvalue weighted by molar-refractivity contribution is 0.199. The second-order valence-electron chi connectivity index (χ2n) is 4.27. The molecule has 0 unspecified atom stereocenters. The van der Waals surface area contributed by atoms with Gasteiger partial charge in [-0.15, -0.1) is 0 Å². The molecule has 0 aliphatic heterocycles.